The van der Waals surface area contributed by atoms with Gasteiger partial charge in [0.15, 0.2) is 0 Å². The van der Waals surface area contributed by atoms with Gasteiger partial charge in [-0.2, -0.15) is 0 Å². The summed E-state index contributed by atoms with van der Waals surface area (Å²) in [5, 5.41) is 0. The molecule has 0 aromatic carbocycles. The average molecular weight is 242 g/mol. The van der Waals surface area contributed by atoms with Crippen LogP contribution in [0.5, 0.6) is 0 Å². The Balaban J connectivity index is 0. The van der Waals surface area contributed by atoms with E-state index in [4.69, 9.17) is 0 Å². The van der Waals surface area contributed by atoms with Gasteiger partial charge in [-0.3, -0.25) is 0 Å². The summed E-state index contributed by atoms with van der Waals surface area (Å²) < 4.78 is 0. The second kappa shape index (κ2) is 368. The van der Waals surface area contributed by atoms with Gasteiger partial charge in [0.2, 0.25) is 0 Å². The van der Waals surface area contributed by atoms with Gasteiger partial charge in [0.1, 0.15) is 0 Å². The molecule has 0 fully saturated rings. The van der Waals surface area contributed by atoms with Crippen molar-refractivity contribution in [1.82, 2.24) is 0 Å². The Labute approximate surface area is 110 Å². The predicted molar refractivity (Wildman–Crippen MR) is 21.9 cm³/mol. The van der Waals surface area contributed by atoms with Crippen LogP contribution in [0.4, 0.5) is 0 Å². The SMILES string of the molecule is O.O.O.O.O.[Cr].[Cr].[Li+].[Li+].[OH-].[OH-]. The molecule has 0 radical (unpaired) electrons. The molecule has 0 unspecified atom stereocenters. The third-order valence-corrected chi connectivity index (χ3v) is 0. The molecular weight excluding hydrogens is 230 g/mol. The molecule has 68 valence electrons. The van der Waals surface area contributed by atoms with Gasteiger partial charge in [0.25, 0.3) is 0 Å². The van der Waals surface area contributed by atoms with Crippen LogP contribution in [0.3, 0.4) is 0 Å². The van der Waals surface area contributed by atoms with Crippen molar-refractivity contribution in [2.45, 2.75) is 0 Å². The van der Waals surface area contributed by atoms with Crippen LogP contribution in [-0.2, 0) is 34.7 Å². The zero-order chi connectivity index (χ0) is 0. The molecule has 0 aromatic heterocycles. The van der Waals surface area contributed by atoms with Crippen LogP contribution in [0.25, 0.3) is 0 Å². The molecule has 0 saturated carbocycles. The van der Waals surface area contributed by atoms with Crippen molar-refractivity contribution in [3.8, 4) is 0 Å². The minimum absolute atomic E-state index is 0. The van der Waals surface area contributed by atoms with E-state index in [-0.39, 0.29) is 111 Å². The number of rotatable bonds is 0. The van der Waals surface area contributed by atoms with Crippen molar-refractivity contribution in [3.05, 3.63) is 0 Å². The maximum Gasteiger partial charge on any atom is 1.00 e. The summed E-state index contributed by atoms with van der Waals surface area (Å²) in [7, 11) is 0. The third-order valence-electron chi connectivity index (χ3n) is 0. The molecule has 0 aliphatic rings. The molecule has 7 nitrogen and oxygen atoms in total. The zero-order valence-electron chi connectivity index (χ0n) is 6.21. The van der Waals surface area contributed by atoms with E-state index < -0.39 is 0 Å². The van der Waals surface area contributed by atoms with Crippen LogP contribution in [0.2, 0.25) is 0 Å². The van der Waals surface area contributed by atoms with E-state index in [2.05, 4.69) is 0 Å². The maximum atomic E-state index is 0. The Hall–Kier alpha value is 1.98. The van der Waals surface area contributed by atoms with E-state index >= 15 is 0 Å². The summed E-state index contributed by atoms with van der Waals surface area (Å²) in [6.07, 6.45) is 0. The minimum atomic E-state index is 0. The van der Waals surface area contributed by atoms with Crippen molar-refractivity contribution in [2.24, 2.45) is 0 Å². The monoisotopic (exact) mass is 242 g/mol. The Morgan fingerprint density at radius 1 is 0.364 bits per heavy atom. The van der Waals surface area contributed by atoms with Gasteiger partial charge in [0, 0.05) is 34.7 Å². The summed E-state index contributed by atoms with van der Waals surface area (Å²) in [6, 6.07) is 0. The standard InChI is InChI=1S/2Cr.2Li.7H2O/h;;;;7*1H2/q;;2*+1;;;;;;;/p-2. The van der Waals surface area contributed by atoms with Crippen molar-refractivity contribution in [3.63, 3.8) is 0 Å². The largest absolute Gasteiger partial charge is 1.00 e. The quantitative estimate of drug-likeness (QED) is 0.377. The number of hydrogen-bond donors (Lipinski definition) is 0. The summed E-state index contributed by atoms with van der Waals surface area (Å²) in [5.41, 5.74) is 0. The zero-order valence-corrected chi connectivity index (χ0v) is 8.76. The first-order valence-electron chi connectivity index (χ1n) is 0. The van der Waals surface area contributed by atoms with Gasteiger partial charge in [-0.1, -0.05) is 0 Å². The fraction of sp³-hybridized carbons (Fsp3) is 0. The molecule has 0 amide bonds. The summed E-state index contributed by atoms with van der Waals surface area (Å²) in [4.78, 5) is 0. The Kier molecular flexibility index (Phi) is 15900. The first-order chi connectivity index (χ1) is 0. The molecule has 0 bridgehead atoms. The van der Waals surface area contributed by atoms with Crippen molar-refractivity contribution in [1.29, 1.82) is 0 Å². The molecule has 0 aliphatic heterocycles. The Morgan fingerprint density at radius 3 is 0.364 bits per heavy atom. The summed E-state index contributed by atoms with van der Waals surface area (Å²) >= 11 is 0. The molecule has 0 aromatic rings. The molecule has 0 atom stereocenters. The maximum absolute atomic E-state index is 0. The molecule has 11 heavy (non-hydrogen) atoms. The van der Waals surface area contributed by atoms with Crippen LogP contribution in [0.1, 0.15) is 0 Å². The van der Waals surface area contributed by atoms with Crippen LogP contribution < -0.4 is 37.7 Å². The minimum Gasteiger partial charge on any atom is -0.870 e. The van der Waals surface area contributed by atoms with Crippen LogP contribution in [0.15, 0.2) is 0 Å². The van der Waals surface area contributed by atoms with Crippen molar-refractivity contribution >= 4 is 0 Å². The van der Waals surface area contributed by atoms with E-state index in [0.29, 0.717) is 0 Å². The first kappa shape index (κ1) is 475. The fourth-order valence-corrected chi connectivity index (χ4v) is 0. The normalized spacial score (nSPS) is 0. The van der Waals surface area contributed by atoms with Gasteiger partial charge in [-0.25, -0.2) is 0 Å². The molecule has 0 aliphatic carbocycles. The van der Waals surface area contributed by atoms with Crippen LogP contribution in [0, 0.1) is 0 Å². The van der Waals surface area contributed by atoms with Gasteiger partial charge in [-0.05, 0) is 0 Å². The molecule has 12 N–H and O–H groups in total. The molecule has 0 saturated heterocycles. The second-order valence-corrected chi connectivity index (χ2v) is 0. The second-order valence-electron chi connectivity index (χ2n) is 0. The van der Waals surface area contributed by atoms with E-state index in [1.165, 1.54) is 0 Å². The molecule has 0 spiro atoms. The molecular formula is H12Cr2Li2O7. The van der Waals surface area contributed by atoms with Gasteiger partial charge >= 0.3 is 37.7 Å². The van der Waals surface area contributed by atoms with Crippen molar-refractivity contribution in [2.75, 3.05) is 0 Å². The van der Waals surface area contributed by atoms with E-state index in [1.807, 2.05) is 0 Å². The Morgan fingerprint density at radius 2 is 0.364 bits per heavy atom. The third kappa shape index (κ3) is 304. The van der Waals surface area contributed by atoms with E-state index in [1.54, 1.807) is 0 Å². The van der Waals surface area contributed by atoms with Crippen LogP contribution in [-0.4, -0.2) is 38.3 Å². The van der Waals surface area contributed by atoms with Gasteiger partial charge in [-0.15, -0.1) is 0 Å². The topological polar surface area (TPSA) is 218 Å². The van der Waals surface area contributed by atoms with Gasteiger partial charge in [0.05, 0.1) is 0 Å². The number of hydrogen-bond acceptors (Lipinski definition) is 2. The molecule has 11 heteroatoms. The fourth-order valence-electron chi connectivity index (χ4n) is 0. The van der Waals surface area contributed by atoms with E-state index in [9.17, 15) is 0 Å². The average Bonchev–Trinajstić information content (AvgIpc) is 0. The van der Waals surface area contributed by atoms with Crippen molar-refractivity contribution < 1.29 is 111 Å². The van der Waals surface area contributed by atoms with E-state index in [0.717, 1.165) is 0 Å². The first-order valence-corrected chi connectivity index (χ1v) is 0. The smallest absolute Gasteiger partial charge is 0.870 e. The molecule has 0 heterocycles. The molecule has 0 rings (SSSR count). The van der Waals surface area contributed by atoms with Gasteiger partial charge < -0.3 is 38.3 Å². The predicted octanol–water partition coefficient (Wildman–Crippen LogP) is -10.5. The van der Waals surface area contributed by atoms with Crippen LogP contribution >= 0.6 is 0 Å². The Bertz CT molecular complexity index is 14.4. The summed E-state index contributed by atoms with van der Waals surface area (Å²) in [5.74, 6) is 0. The summed E-state index contributed by atoms with van der Waals surface area (Å²) in [6.45, 7) is 0.